The summed E-state index contributed by atoms with van der Waals surface area (Å²) < 4.78 is 0. The molecule has 0 bridgehead atoms. The molecular weight excluding hydrogens is 995 g/mol. The highest BCUT2D eigenvalue weighted by atomic mass is 32.2. The lowest BCUT2D eigenvalue weighted by atomic mass is 9.92. The maximum atomic E-state index is 14.3. The molecule has 4 aliphatic rings. The number of likely N-dealkylation sites (tertiary alicyclic amines) is 2. The first-order valence-corrected chi connectivity index (χ1v) is 26.1. The SMILES string of the molecule is NCCCC[C@H](N)C(=O)N[C@@H](CCCN=C(N)N)C(=O)N1CCC[C@H]1C(=O)N1CC(O)C[C@H]1C(=O)NCC(=O)NC(C(=O)N[C@@H](CO)C(=O)N[C@@H]1CSc2ccccc2N(CC(=O)O)C1=O)C1CCc2ccccc21. The predicted octanol–water partition coefficient (Wildman–Crippen LogP) is -3.55. The van der Waals surface area contributed by atoms with Gasteiger partial charge in [0.05, 0.1) is 31.0 Å². The van der Waals surface area contributed by atoms with E-state index in [2.05, 4.69) is 31.6 Å². The molecule has 75 heavy (non-hydrogen) atoms. The fraction of sp³-hybridized carbons (Fsp3) is 0.551. The van der Waals surface area contributed by atoms with Crippen molar-refractivity contribution < 1.29 is 58.5 Å². The normalized spacial score (nSPS) is 21.6. The molecule has 16 N–H and O–H groups in total. The monoisotopic (exact) mass is 1060 g/mol. The molecule has 8 amide bonds. The van der Waals surface area contributed by atoms with Gasteiger partial charge in [0.1, 0.15) is 42.8 Å². The molecular formula is C49H69N13O12S. The van der Waals surface area contributed by atoms with E-state index >= 15 is 0 Å². The molecule has 2 aromatic carbocycles. The number of aliphatic carboxylic acids is 1. The number of guanidine groups is 1. The van der Waals surface area contributed by atoms with E-state index in [4.69, 9.17) is 22.9 Å². The molecule has 3 heterocycles. The van der Waals surface area contributed by atoms with Crippen molar-refractivity contribution in [1.29, 1.82) is 0 Å². The van der Waals surface area contributed by atoms with Gasteiger partial charge in [0, 0.05) is 42.6 Å². The first kappa shape index (κ1) is 57.4. The summed E-state index contributed by atoms with van der Waals surface area (Å²) in [5.41, 5.74) is 24.7. The highest BCUT2D eigenvalue weighted by molar-refractivity contribution is 7.99. The average molecular weight is 1060 g/mol. The predicted molar refractivity (Wildman–Crippen MR) is 274 cm³/mol. The van der Waals surface area contributed by atoms with Crippen LogP contribution in [0.25, 0.3) is 0 Å². The van der Waals surface area contributed by atoms with Gasteiger partial charge in [-0.05, 0) is 81.2 Å². The zero-order valence-corrected chi connectivity index (χ0v) is 42.4. The number of hydrogen-bond acceptors (Lipinski definition) is 15. The van der Waals surface area contributed by atoms with Crippen LogP contribution in [0.15, 0.2) is 58.4 Å². The molecule has 3 aliphatic heterocycles. The van der Waals surface area contributed by atoms with Crippen LogP contribution in [0, 0.1) is 0 Å². The van der Waals surface area contributed by atoms with Gasteiger partial charge in [-0.25, -0.2) is 0 Å². The van der Waals surface area contributed by atoms with Gasteiger partial charge < -0.3 is 74.6 Å². The number of carboxylic acids is 1. The standard InChI is InChI=1S/C49H69N13O12S/c50-18-6-5-11-31(51)42(68)56-32(12-7-19-54-49(52)53)46(72)60-20-8-14-36(60)48(74)61-23-28(64)21-37(61)44(70)55-22-39(65)59-41(30-17-16-27-9-1-2-10-29(27)30)45(71)57-33(25-63)43(69)58-34-26-75-38-15-4-3-13-35(38)62(47(34)73)24-40(66)67/h1-4,9-10,13,15,28,30-34,36-37,41,63-64H,5-8,11-12,14,16-26,50-51H2,(H,55,70)(H,56,68)(H,57,71)(H,58,69)(H,59,65)(H,66,67)(H4,52,53,54)/t28?,30?,31-,32-,33-,34+,36-,37-,41?/m0/s1. The van der Waals surface area contributed by atoms with Crippen molar-refractivity contribution in [2.24, 2.45) is 27.9 Å². The minimum absolute atomic E-state index is 0.00911. The van der Waals surface area contributed by atoms with Crippen molar-refractivity contribution in [1.82, 2.24) is 36.4 Å². The fourth-order valence-corrected chi connectivity index (χ4v) is 11.0. The third-order valence-corrected chi connectivity index (χ3v) is 14.9. The number of aliphatic hydroxyl groups is 2. The second kappa shape index (κ2) is 27.1. The first-order chi connectivity index (χ1) is 35.9. The van der Waals surface area contributed by atoms with E-state index in [1.165, 1.54) is 21.6 Å². The number of anilines is 1. The molecule has 1 aliphatic carbocycles. The number of nitrogens with zero attached hydrogens (tertiary/aromatic N) is 4. The van der Waals surface area contributed by atoms with E-state index in [0.717, 1.165) is 16.0 Å². The molecule has 6 rings (SSSR count). The number of hydrogen-bond donors (Lipinski definition) is 12. The van der Waals surface area contributed by atoms with Crippen LogP contribution in [0.5, 0.6) is 0 Å². The minimum atomic E-state index is -1.62. The van der Waals surface area contributed by atoms with Crippen molar-refractivity contribution in [2.75, 3.05) is 56.5 Å². The van der Waals surface area contributed by atoms with E-state index in [1.54, 1.807) is 36.4 Å². The number of carbonyl (C=O) groups excluding carboxylic acids is 8. The molecule has 2 saturated heterocycles. The van der Waals surface area contributed by atoms with Gasteiger partial charge in [-0.3, -0.25) is 53.0 Å². The lowest BCUT2D eigenvalue weighted by molar-refractivity contribution is -0.148. The Balaban J connectivity index is 1.11. The number of amides is 8. The number of fused-ring (bicyclic) bond motifs is 2. The van der Waals surface area contributed by atoms with Crippen LogP contribution in [0.3, 0.4) is 0 Å². The maximum Gasteiger partial charge on any atom is 0.323 e. The number of aryl methyl sites for hydroxylation is 1. The molecule has 2 fully saturated rings. The van der Waals surface area contributed by atoms with Gasteiger partial charge in [-0.2, -0.15) is 0 Å². The smallest absolute Gasteiger partial charge is 0.323 e. The van der Waals surface area contributed by atoms with Gasteiger partial charge >= 0.3 is 5.97 Å². The largest absolute Gasteiger partial charge is 0.480 e. The second-order valence-corrected chi connectivity index (χ2v) is 20.1. The summed E-state index contributed by atoms with van der Waals surface area (Å²) >= 11 is 1.21. The molecule has 0 aromatic heterocycles. The number of carboxylic acid groups (broad SMARTS) is 1. The van der Waals surface area contributed by atoms with Crippen LogP contribution in [0.2, 0.25) is 0 Å². The van der Waals surface area contributed by atoms with Crippen LogP contribution in [-0.4, -0.2) is 184 Å². The maximum absolute atomic E-state index is 14.3. The average Bonchev–Trinajstić information content (AvgIpc) is 4.14. The van der Waals surface area contributed by atoms with Crippen LogP contribution in [0.4, 0.5) is 5.69 Å². The van der Waals surface area contributed by atoms with Gasteiger partial charge in [-0.15, -0.1) is 11.8 Å². The Morgan fingerprint density at radius 1 is 0.853 bits per heavy atom. The Hall–Kier alpha value is -6.87. The molecule has 25 nitrogen and oxygen atoms in total. The summed E-state index contributed by atoms with van der Waals surface area (Å²) in [6.45, 7) is -1.78. The van der Waals surface area contributed by atoms with Crippen LogP contribution in [-0.2, 0) is 49.6 Å². The molecule has 9 atom stereocenters. The van der Waals surface area contributed by atoms with Gasteiger partial charge in [0.2, 0.25) is 41.4 Å². The molecule has 0 saturated carbocycles. The molecule has 3 unspecified atom stereocenters. The molecule has 2 aromatic rings. The summed E-state index contributed by atoms with van der Waals surface area (Å²) in [4.78, 5) is 131. The summed E-state index contributed by atoms with van der Waals surface area (Å²) in [7, 11) is 0. The number of carbonyl (C=O) groups is 9. The fourth-order valence-electron chi connectivity index (χ4n) is 9.94. The van der Waals surface area contributed by atoms with Crippen molar-refractivity contribution in [2.45, 2.75) is 123 Å². The second-order valence-electron chi connectivity index (χ2n) is 19.0. The number of rotatable bonds is 24. The third-order valence-electron chi connectivity index (χ3n) is 13.7. The molecule has 26 heteroatoms. The number of β-amino-alcohol motifs (C(OH)–C–C–N with tert-alkyl or cyclic N) is 1. The van der Waals surface area contributed by atoms with E-state index in [-0.39, 0.29) is 50.6 Å². The number of aliphatic hydroxyl groups excluding tert-OH is 2. The first-order valence-electron chi connectivity index (χ1n) is 25.1. The number of nitrogens with one attached hydrogen (secondary N) is 5. The van der Waals surface area contributed by atoms with Gasteiger partial charge in [0.25, 0.3) is 5.91 Å². The molecule has 408 valence electrons. The Morgan fingerprint density at radius 2 is 1.59 bits per heavy atom. The van der Waals surface area contributed by atoms with Crippen molar-refractivity contribution >= 4 is 76.6 Å². The Kier molecular flexibility index (Phi) is 20.7. The van der Waals surface area contributed by atoms with E-state index in [9.17, 15) is 58.5 Å². The van der Waals surface area contributed by atoms with Crippen LogP contribution >= 0.6 is 11.8 Å². The number of thioether (sulfide) groups is 1. The lowest BCUT2D eigenvalue weighted by Gasteiger charge is -2.33. The number of para-hydroxylation sites is 1. The number of benzene rings is 2. The third kappa shape index (κ3) is 14.9. The highest BCUT2D eigenvalue weighted by Crippen LogP contribution is 2.36. The van der Waals surface area contributed by atoms with E-state index in [0.29, 0.717) is 62.1 Å². The zero-order valence-electron chi connectivity index (χ0n) is 41.6. The van der Waals surface area contributed by atoms with Crippen LogP contribution in [0.1, 0.15) is 74.8 Å². The number of nitrogens with two attached hydrogens (primary N) is 4. The Morgan fingerprint density at radius 3 is 2.32 bits per heavy atom. The summed E-state index contributed by atoms with van der Waals surface area (Å²) in [6.07, 6.45) is 2.30. The summed E-state index contributed by atoms with van der Waals surface area (Å²) in [5.74, 6) is -7.90. The minimum Gasteiger partial charge on any atom is -0.480 e. The van der Waals surface area contributed by atoms with E-state index < -0.39 is 127 Å². The van der Waals surface area contributed by atoms with Crippen molar-refractivity contribution in [3.8, 4) is 0 Å². The highest BCUT2D eigenvalue weighted by Gasteiger charge is 2.46. The lowest BCUT2D eigenvalue weighted by Crippen LogP contribution is -2.60. The Labute approximate surface area is 437 Å². The zero-order chi connectivity index (χ0) is 54.3. The Bertz CT molecular complexity index is 2460. The molecule has 0 spiro atoms. The molecule has 0 radical (unpaired) electrons. The van der Waals surface area contributed by atoms with Gasteiger partial charge in [-0.1, -0.05) is 42.8 Å². The van der Waals surface area contributed by atoms with Crippen LogP contribution < -0.4 is 54.4 Å². The summed E-state index contributed by atoms with van der Waals surface area (Å²) in [6, 6.07) is 5.41. The van der Waals surface area contributed by atoms with Crippen molar-refractivity contribution in [3.63, 3.8) is 0 Å². The number of unbranched alkanes of at least 4 members (excludes halogenated alkanes) is 1. The van der Waals surface area contributed by atoms with Gasteiger partial charge in [0.15, 0.2) is 5.96 Å². The number of aliphatic imine (C=N–C) groups is 1. The topological polar surface area (TPSA) is 401 Å². The summed E-state index contributed by atoms with van der Waals surface area (Å²) in [5, 5.41) is 43.8. The van der Waals surface area contributed by atoms with Crippen molar-refractivity contribution in [3.05, 3.63) is 59.7 Å². The quantitative estimate of drug-likeness (QED) is 0.0275. The van der Waals surface area contributed by atoms with E-state index in [1.807, 2.05) is 12.1 Å².